The number of ether oxygens (including phenoxy) is 1. The van der Waals surface area contributed by atoms with E-state index >= 15 is 0 Å². The summed E-state index contributed by atoms with van der Waals surface area (Å²) in [5, 5.41) is 11.3. The van der Waals surface area contributed by atoms with Crippen molar-refractivity contribution >= 4 is 5.91 Å². The van der Waals surface area contributed by atoms with Crippen LogP contribution in [0.4, 0.5) is 0 Å². The monoisotopic (exact) mass is 237 g/mol. The minimum atomic E-state index is -0.0771. The van der Waals surface area contributed by atoms with Gasteiger partial charge in [0.05, 0.1) is 20.1 Å². The number of rotatable bonds is 5. The molecule has 1 rings (SSSR count). The van der Waals surface area contributed by atoms with Gasteiger partial charge in [0.1, 0.15) is 5.75 Å². The van der Waals surface area contributed by atoms with Gasteiger partial charge in [0, 0.05) is 6.54 Å². The number of carbonyl (C=O) groups excluding carboxylic acids is 1. The lowest BCUT2D eigenvalue weighted by Gasteiger charge is -2.11. The van der Waals surface area contributed by atoms with E-state index in [-0.39, 0.29) is 12.5 Å². The van der Waals surface area contributed by atoms with Gasteiger partial charge in [0.15, 0.2) is 0 Å². The molecule has 1 aromatic carbocycles. The van der Waals surface area contributed by atoms with Crippen LogP contribution < -0.4 is 10.1 Å². The van der Waals surface area contributed by atoms with Crippen LogP contribution in [0.15, 0.2) is 12.1 Å². The van der Waals surface area contributed by atoms with Crippen LogP contribution in [0.25, 0.3) is 0 Å². The molecule has 0 fully saturated rings. The minimum Gasteiger partial charge on any atom is -0.496 e. The molecule has 94 valence electrons. The zero-order chi connectivity index (χ0) is 12.8. The average Bonchev–Trinajstić information content (AvgIpc) is 2.30. The summed E-state index contributed by atoms with van der Waals surface area (Å²) in [6.07, 6.45) is 0.330. The average molecular weight is 237 g/mol. The van der Waals surface area contributed by atoms with Crippen LogP contribution in [0.1, 0.15) is 16.7 Å². The fraction of sp³-hybridized carbons (Fsp3) is 0.462. The van der Waals surface area contributed by atoms with Crippen molar-refractivity contribution < 1.29 is 14.6 Å². The number of hydrogen-bond donors (Lipinski definition) is 2. The van der Waals surface area contributed by atoms with Crippen molar-refractivity contribution in [3.8, 4) is 5.75 Å². The quantitative estimate of drug-likeness (QED) is 0.802. The highest BCUT2D eigenvalue weighted by molar-refractivity contribution is 5.79. The number of benzene rings is 1. The summed E-state index contributed by atoms with van der Waals surface area (Å²) >= 11 is 0. The second-order valence-electron chi connectivity index (χ2n) is 4.00. The SMILES string of the molecule is COc1cc(C)c(CC(=O)NCCO)cc1C. The predicted octanol–water partition coefficient (Wildman–Crippen LogP) is 0.963. The van der Waals surface area contributed by atoms with E-state index in [1.165, 1.54) is 0 Å². The van der Waals surface area contributed by atoms with E-state index in [4.69, 9.17) is 9.84 Å². The fourth-order valence-corrected chi connectivity index (χ4v) is 1.69. The van der Waals surface area contributed by atoms with Crippen LogP contribution >= 0.6 is 0 Å². The molecule has 1 amide bonds. The van der Waals surface area contributed by atoms with E-state index in [1.54, 1.807) is 7.11 Å². The highest BCUT2D eigenvalue weighted by Gasteiger charge is 2.08. The molecule has 4 heteroatoms. The molecule has 1 aromatic rings. The molecule has 0 unspecified atom stereocenters. The summed E-state index contributed by atoms with van der Waals surface area (Å²) in [6.45, 7) is 4.17. The normalized spacial score (nSPS) is 10.1. The molecule has 0 aliphatic heterocycles. The standard InChI is InChI=1S/C13H19NO3/c1-9-7-12(17-3)10(2)6-11(9)8-13(16)14-4-5-15/h6-7,15H,4-5,8H2,1-3H3,(H,14,16). The minimum absolute atomic E-state index is 0.0354. The van der Waals surface area contributed by atoms with Gasteiger partial charge >= 0.3 is 0 Å². The molecule has 0 spiro atoms. The Morgan fingerprint density at radius 2 is 2.06 bits per heavy atom. The molecule has 0 radical (unpaired) electrons. The van der Waals surface area contributed by atoms with Crippen molar-refractivity contribution in [2.75, 3.05) is 20.3 Å². The molecule has 0 atom stereocenters. The lowest BCUT2D eigenvalue weighted by Crippen LogP contribution is -2.28. The first-order valence-corrected chi connectivity index (χ1v) is 5.60. The van der Waals surface area contributed by atoms with Crippen LogP contribution in [-0.2, 0) is 11.2 Å². The summed E-state index contributed by atoms with van der Waals surface area (Å²) in [7, 11) is 1.63. The lowest BCUT2D eigenvalue weighted by atomic mass is 10.0. The molecule has 0 bridgehead atoms. The van der Waals surface area contributed by atoms with E-state index in [9.17, 15) is 4.79 Å². The molecule has 0 aromatic heterocycles. The molecular weight excluding hydrogens is 218 g/mol. The Labute approximate surface area is 102 Å². The van der Waals surface area contributed by atoms with Crippen molar-refractivity contribution in [2.45, 2.75) is 20.3 Å². The zero-order valence-corrected chi connectivity index (χ0v) is 10.5. The number of aliphatic hydroxyl groups is 1. The molecule has 0 aliphatic carbocycles. The topological polar surface area (TPSA) is 58.6 Å². The maximum Gasteiger partial charge on any atom is 0.224 e. The largest absolute Gasteiger partial charge is 0.496 e. The first-order chi connectivity index (χ1) is 8.08. The summed E-state index contributed by atoms with van der Waals surface area (Å²) in [6, 6.07) is 3.90. The molecule has 17 heavy (non-hydrogen) atoms. The van der Waals surface area contributed by atoms with Crippen molar-refractivity contribution in [1.82, 2.24) is 5.32 Å². The molecule has 2 N–H and O–H groups in total. The summed E-state index contributed by atoms with van der Waals surface area (Å²) in [4.78, 5) is 11.5. The third-order valence-electron chi connectivity index (χ3n) is 2.64. The number of methoxy groups -OCH3 is 1. The van der Waals surface area contributed by atoms with Crippen molar-refractivity contribution in [3.05, 3.63) is 28.8 Å². The van der Waals surface area contributed by atoms with E-state index in [2.05, 4.69) is 5.32 Å². The van der Waals surface area contributed by atoms with Gasteiger partial charge in [-0.05, 0) is 36.6 Å². The van der Waals surface area contributed by atoms with Gasteiger partial charge in [-0.2, -0.15) is 0 Å². The molecule has 0 heterocycles. The number of aryl methyl sites for hydroxylation is 2. The Morgan fingerprint density at radius 1 is 1.35 bits per heavy atom. The molecule has 0 aliphatic rings. The highest BCUT2D eigenvalue weighted by Crippen LogP contribution is 2.22. The Morgan fingerprint density at radius 3 is 2.65 bits per heavy atom. The van der Waals surface area contributed by atoms with E-state index < -0.39 is 0 Å². The molecular formula is C13H19NO3. The third kappa shape index (κ3) is 3.75. The van der Waals surface area contributed by atoms with Crippen LogP contribution in [0, 0.1) is 13.8 Å². The number of aliphatic hydroxyl groups excluding tert-OH is 1. The van der Waals surface area contributed by atoms with E-state index in [0.717, 1.165) is 22.4 Å². The van der Waals surface area contributed by atoms with Crippen molar-refractivity contribution in [2.24, 2.45) is 0 Å². The lowest BCUT2D eigenvalue weighted by molar-refractivity contribution is -0.120. The van der Waals surface area contributed by atoms with E-state index in [1.807, 2.05) is 26.0 Å². The smallest absolute Gasteiger partial charge is 0.224 e. The van der Waals surface area contributed by atoms with Crippen molar-refractivity contribution in [1.29, 1.82) is 0 Å². The number of hydrogen-bond acceptors (Lipinski definition) is 3. The highest BCUT2D eigenvalue weighted by atomic mass is 16.5. The van der Waals surface area contributed by atoms with Gasteiger partial charge in [-0.1, -0.05) is 6.07 Å². The molecule has 4 nitrogen and oxygen atoms in total. The van der Waals surface area contributed by atoms with Crippen LogP contribution in [0.3, 0.4) is 0 Å². The summed E-state index contributed by atoms with van der Waals surface area (Å²) < 4.78 is 5.22. The molecule has 0 saturated heterocycles. The third-order valence-corrected chi connectivity index (χ3v) is 2.64. The number of carbonyl (C=O) groups is 1. The van der Waals surface area contributed by atoms with Gasteiger partial charge in [0.2, 0.25) is 5.91 Å². The van der Waals surface area contributed by atoms with Gasteiger partial charge in [-0.3, -0.25) is 4.79 Å². The Hall–Kier alpha value is -1.55. The Kier molecular flexibility index (Phi) is 4.97. The second kappa shape index (κ2) is 6.25. The number of amides is 1. The van der Waals surface area contributed by atoms with Gasteiger partial charge < -0.3 is 15.2 Å². The van der Waals surface area contributed by atoms with E-state index in [0.29, 0.717) is 13.0 Å². The van der Waals surface area contributed by atoms with Gasteiger partial charge in [-0.25, -0.2) is 0 Å². The van der Waals surface area contributed by atoms with Crippen molar-refractivity contribution in [3.63, 3.8) is 0 Å². The number of nitrogens with one attached hydrogen (secondary N) is 1. The maximum atomic E-state index is 11.5. The fourth-order valence-electron chi connectivity index (χ4n) is 1.69. The Bertz CT molecular complexity index is 402. The Balaban J connectivity index is 2.78. The maximum absolute atomic E-state index is 11.5. The van der Waals surface area contributed by atoms with Gasteiger partial charge in [-0.15, -0.1) is 0 Å². The first-order valence-electron chi connectivity index (χ1n) is 5.60. The zero-order valence-electron chi connectivity index (χ0n) is 10.5. The van der Waals surface area contributed by atoms with Gasteiger partial charge in [0.25, 0.3) is 0 Å². The van der Waals surface area contributed by atoms with Crippen LogP contribution in [0.5, 0.6) is 5.75 Å². The van der Waals surface area contributed by atoms with Crippen LogP contribution in [-0.4, -0.2) is 31.3 Å². The van der Waals surface area contributed by atoms with Crippen LogP contribution in [0.2, 0.25) is 0 Å². The summed E-state index contributed by atoms with van der Waals surface area (Å²) in [5.41, 5.74) is 3.04. The summed E-state index contributed by atoms with van der Waals surface area (Å²) in [5.74, 6) is 0.758. The second-order valence-corrected chi connectivity index (χ2v) is 4.00. The predicted molar refractivity (Wildman–Crippen MR) is 66.3 cm³/mol. The first kappa shape index (κ1) is 13.5. The molecule has 0 saturated carbocycles.